The van der Waals surface area contributed by atoms with Crippen LogP contribution in [0, 0.1) is 5.41 Å². The van der Waals surface area contributed by atoms with E-state index in [0.29, 0.717) is 6.54 Å². The van der Waals surface area contributed by atoms with E-state index in [4.69, 9.17) is 0 Å². The molecule has 136 valence electrons. The topological polar surface area (TPSA) is 76.8 Å². The molecule has 0 aliphatic carbocycles. The third-order valence-electron chi connectivity index (χ3n) is 4.23. The van der Waals surface area contributed by atoms with Crippen LogP contribution in [0.25, 0.3) is 5.69 Å². The van der Waals surface area contributed by atoms with Crippen LogP contribution in [0.2, 0.25) is 0 Å². The standard InChI is InChI=1S/C19H24N6O/c1-19(2,3)17(12-24-10-8-20-13-24)23-18(26)22-15-4-6-16(7-5-15)25-11-9-21-14-25/h4-11,13-14,17H,12H2,1-3H3,(H2,22,23,26)/t17-/m1/s1. The average Bonchev–Trinajstić information content (AvgIpc) is 3.28. The zero-order valence-electron chi connectivity index (χ0n) is 15.3. The molecule has 0 radical (unpaired) electrons. The van der Waals surface area contributed by atoms with Gasteiger partial charge in [0.05, 0.1) is 18.7 Å². The van der Waals surface area contributed by atoms with Crippen molar-refractivity contribution in [3.05, 3.63) is 61.7 Å². The number of aromatic nitrogens is 4. The van der Waals surface area contributed by atoms with Crippen LogP contribution in [0.15, 0.2) is 61.7 Å². The fourth-order valence-electron chi connectivity index (χ4n) is 2.60. The predicted octanol–water partition coefficient (Wildman–Crippen LogP) is 3.31. The maximum absolute atomic E-state index is 12.4. The van der Waals surface area contributed by atoms with Gasteiger partial charge < -0.3 is 19.8 Å². The number of rotatable bonds is 5. The lowest BCUT2D eigenvalue weighted by molar-refractivity contribution is 0.219. The summed E-state index contributed by atoms with van der Waals surface area (Å²) in [6.45, 7) is 6.98. The Bertz CT molecular complexity index is 816. The highest BCUT2D eigenvalue weighted by molar-refractivity contribution is 5.89. The van der Waals surface area contributed by atoms with Gasteiger partial charge in [0.15, 0.2) is 0 Å². The first-order valence-corrected chi connectivity index (χ1v) is 8.53. The van der Waals surface area contributed by atoms with Gasteiger partial charge in [-0.15, -0.1) is 0 Å². The quantitative estimate of drug-likeness (QED) is 0.740. The molecule has 0 unspecified atom stereocenters. The number of hydrogen-bond acceptors (Lipinski definition) is 3. The second-order valence-corrected chi connectivity index (χ2v) is 7.29. The Balaban J connectivity index is 1.62. The molecule has 26 heavy (non-hydrogen) atoms. The minimum absolute atomic E-state index is 0.0399. The van der Waals surface area contributed by atoms with Gasteiger partial charge in [-0.3, -0.25) is 0 Å². The molecule has 2 N–H and O–H groups in total. The van der Waals surface area contributed by atoms with E-state index in [9.17, 15) is 4.79 Å². The van der Waals surface area contributed by atoms with Gasteiger partial charge in [-0.25, -0.2) is 14.8 Å². The number of nitrogens with zero attached hydrogens (tertiary/aromatic N) is 4. The smallest absolute Gasteiger partial charge is 0.319 e. The highest BCUT2D eigenvalue weighted by atomic mass is 16.2. The van der Waals surface area contributed by atoms with Gasteiger partial charge in [0, 0.05) is 42.7 Å². The summed E-state index contributed by atoms with van der Waals surface area (Å²) in [6, 6.07) is 7.35. The molecule has 2 heterocycles. The Morgan fingerprint density at radius 1 is 1.08 bits per heavy atom. The molecule has 3 aromatic rings. The lowest BCUT2D eigenvalue weighted by Crippen LogP contribution is -2.47. The first-order chi connectivity index (χ1) is 12.4. The average molecular weight is 352 g/mol. The van der Waals surface area contributed by atoms with Crippen LogP contribution in [0.3, 0.4) is 0 Å². The van der Waals surface area contributed by atoms with E-state index < -0.39 is 0 Å². The summed E-state index contributed by atoms with van der Waals surface area (Å²) in [5.41, 5.74) is 1.63. The van der Waals surface area contributed by atoms with E-state index >= 15 is 0 Å². The molecule has 0 bridgehead atoms. The van der Waals surface area contributed by atoms with E-state index in [1.165, 1.54) is 0 Å². The maximum Gasteiger partial charge on any atom is 0.319 e. The molecule has 0 saturated heterocycles. The largest absolute Gasteiger partial charge is 0.335 e. The molecule has 2 aromatic heterocycles. The maximum atomic E-state index is 12.4. The van der Waals surface area contributed by atoms with E-state index in [1.54, 1.807) is 25.0 Å². The summed E-state index contributed by atoms with van der Waals surface area (Å²) in [4.78, 5) is 20.5. The number of carbonyl (C=O) groups is 1. The molecule has 0 aliphatic heterocycles. The Morgan fingerprint density at radius 2 is 1.77 bits per heavy atom. The first kappa shape index (κ1) is 17.7. The molecule has 1 atom stereocenters. The number of amides is 2. The molecule has 0 saturated carbocycles. The van der Waals surface area contributed by atoms with Crippen molar-refractivity contribution in [1.82, 2.24) is 24.4 Å². The molecule has 1 aromatic carbocycles. The lowest BCUT2D eigenvalue weighted by atomic mass is 9.86. The lowest BCUT2D eigenvalue weighted by Gasteiger charge is -2.31. The molecule has 0 aliphatic rings. The summed E-state index contributed by atoms with van der Waals surface area (Å²) in [6.07, 6.45) is 10.7. The zero-order valence-corrected chi connectivity index (χ0v) is 15.3. The van der Waals surface area contributed by atoms with E-state index in [1.807, 2.05) is 45.8 Å². The summed E-state index contributed by atoms with van der Waals surface area (Å²) >= 11 is 0. The van der Waals surface area contributed by atoms with Gasteiger partial charge in [0.1, 0.15) is 0 Å². The number of nitrogens with one attached hydrogen (secondary N) is 2. The molecule has 7 nitrogen and oxygen atoms in total. The normalized spacial score (nSPS) is 12.6. The second-order valence-electron chi connectivity index (χ2n) is 7.29. The molecular formula is C19H24N6O. The Hall–Kier alpha value is -3.09. The van der Waals surface area contributed by atoms with Crippen LogP contribution in [-0.2, 0) is 6.54 Å². The summed E-state index contributed by atoms with van der Waals surface area (Å²) in [5, 5.41) is 5.97. The molecule has 0 spiro atoms. The molecule has 0 fully saturated rings. The van der Waals surface area contributed by atoms with Crippen molar-refractivity contribution < 1.29 is 4.79 Å². The van der Waals surface area contributed by atoms with Gasteiger partial charge in [-0.2, -0.15) is 0 Å². The number of benzene rings is 1. The SMILES string of the molecule is CC(C)(C)[C@@H](Cn1ccnc1)NC(=O)Nc1ccc(-n2ccnc2)cc1. The molecule has 7 heteroatoms. The number of urea groups is 1. The van der Waals surface area contributed by atoms with Gasteiger partial charge in [0.2, 0.25) is 0 Å². The van der Waals surface area contributed by atoms with Crippen LogP contribution in [-0.4, -0.2) is 31.2 Å². The summed E-state index contributed by atoms with van der Waals surface area (Å²) in [7, 11) is 0. The van der Waals surface area contributed by atoms with Gasteiger partial charge in [0.25, 0.3) is 0 Å². The first-order valence-electron chi connectivity index (χ1n) is 8.53. The van der Waals surface area contributed by atoms with E-state index in [0.717, 1.165) is 11.4 Å². The van der Waals surface area contributed by atoms with Crippen molar-refractivity contribution >= 4 is 11.7 Å². The van der Waals surface area contributed by atoms with Crippen molar-refractivity contribution in [1.29, 1.82) is 0 Å². The molecule has 2 amide bonds. The predicted molar refractivity (Wildman–Crippen MR) is 101 cm³/mol. The monoisotopic (exact) mass is 352 g/mol. The van der Waals surface area contributed by atoms with E-state index in [2.05, 4.69) is 41.4 Å². The third-order valence-corrected chi connectivity index (χ3v) is 4.23. The molecular weight excluding hydrogens is 328 g/mol. The van der Waals surface area contributed by atoms with Crippen molar-refractivity contribution in [2.24, 2.45) is 5.41 Å². The fraction of sp³-hybridized carbons (Fsp3) is 0.316. The molecule has 3 rings (SSSR count). The Labute approximate surface area is 153 Å². The number of hydrogen-bond donors (Lipinski definition) is 2. The van der Waals surface area contributed by atoms with Gasteiger partial charge in [-0.05, 0) is 29.7 Å². The fourth-order valence-corrected chi connectivity index (χ4v) is 2.60. The Morgan fingerprint density at radius 3 is 2.35 bits per heavy atom. The van der Waals surface area contributed by atoms with Crippen molar-refractivity contribution in [2.75, 3.05) is 5.32 Å². The number of anilines is 1. The van der Waals surface area contributed by atoms with Crippen LogP contribution in [0.4, 0.5) is 10.5 Å². The zero-order chi connectivity index (χ0) is 18.6. The van der Waals surface area contributed by atoms with Crippen LogP contribution in [0.5, 0.6) is 0 Å². The van der Waals surface area contributed by atoms with Crippen molar-refractivity contribution in [3.63, 3.8) is 0 Å². The van der Waals surface area contributed by atoms with Crippen LogP contribution < -0.4 is 10.6 Å². The van der Waals surface area contributed by atoms with Crippen LogP contribution >= 0.6 is 0 Å². The minimum atomic E-state index is -0.222. The Kier molecular flexibility index (Phi) is 5.06. The van der Waals surface area contributed by atoms with E-state index in [-0.39, 0.29) is 17.5 Å². The van der Waals surface area contributed by atoms with Crippen molar-refractivity contribution in [3.8, 4) is 5.69 Å². The van der Waals surface area contributed by atoms with Crippen molar-refractivity contribution in [2.45, 2.75) is 33.4 Å². The van der Waals surface area contributed by atoms with Gasteiger partial charge >= 0.3 is 6.03 Å². The summed E-state index contributed by atoms with van der Waals surface area (Å²) in [5.74, 6) is 0. The minimum Gasteiger partial charge on any atom is -0.335 e. The highest BCUT2D eigenvalue weighted by Crippen LogP contribution is 2.21. The highest BCUT2D eigenvalue weighted by Gasteiger charge is 2.26. The summed E-state index contributed by atoms with van der Waals surface area (Å²) < 4.78 is 3.88. The van der Waals surface area contributed by atoms with Crippen LogP contribution in [0.1, 0.15) is 20.8 Å². The number of carbonyl (C=O) groups excluding carboxylic acids is 1. The number of imidazole rings is 2. The third kappa shape index (κ3) is 4.50. The van der Waals surface area contributed by atoms with Gasteiger partial charge in [-0.1, -0.05) is 20.8 Å². The second kappa shape index (κ2) is 7.43.